The molecule has 0 aliphatic rings. The Balaban J connectivity index is 1.99. The number of anilines is 1. The molecular formula is C23H27N3O4S. The Morgan fingerprint density at radius 1 is 0.935 bits per heavy atom. The Morgan fingerprint density at radius 3 is 2.13 bits per heavy atom. The molecule has 8 heteroatoms. The van der Waals surface area contributed by atoms with E-state index in [0.29, 0.717) is 11.3 Å². The van der Waals surface area contributed by atoms with Crippen LogP contribution in [-0.4, -0.2) is 48.0 Å². The van der Waals surface area contributed by atoms with Crippen molar-refractivity contribution < 1.29 is 19.1 Å². The minimum atomic E-state index is -0.526. The highest BCUT2D eigenvalue weighted by Crippen LogP contribution is 2.13. The number of nitrogens with zero attached hydrogens (tertiary/aromatic N) is 1. The summed E-state index contributed by atoms with van der Waals surface area (Å²) in [6.07, 6.45) is 1.81. The Hall–Kier alpha value is -3.26. The van der Waals surface area contributed by atoms with Crippen LogP contribution in [0.3, 0.4) is 0 Å². The Labute approximate surface area is 187 Å². The summed E-state index contributed by atoms with van der Waals surface area (Å²) >= 11 is 5.20. The third kappa shape index (κ3) is 6.89. The monoisotopic (exact) mass is 441 g/mol. The predicted octanol–water partition coefficient (Wildman–Crippen LogP) is 3.86. The molecule has 2 N–H and O–H groups in total. The fourth-order valence-corrected chi connectivity index (χ4v) is 3.19. The minimum Gasteiger partial charge on any atom is -0.465 e. The molecule has 2 aromatic carbocycles. The first-order valence-electron chi connectivity index (χ1n) is 10.1. The molecule has 164 valence electrons. The van der Waals surface area contributed by atoms with Crippen molar-refractivity contribution >= 4 is 40.8 Å². The normalized spacial score (nSPS) is 10.2. The van der Waals surface area contributed by atoms with Gasteiger partial charge in [-0.3, -0.25) is 14.9 Å². The van der Waals surface area contributed by atoms with E-state index in [1.807, 2.05) is 18.7 Å². The molecule has 0 spiro atoms. The number of esters is 1. The lowest BCUT2D eigenvalue weighted by Gasteiger charge is -2.21. The van der Waals surface area contributed by atoms with E-state index in [2.05, 4.69) is 15.4 Å². The molecule has 2 rings (SSSR count). The molecule has 0 aliphatic heterocycles. The highest BCUT2D eigenvalue weighted by molar-refractivity contribution is 7.80. The van der Waals surface area contributed by atoms with Crippen LogP contribution in [-0.2, 0) is 4.74 Å². The fraction of sp³-hybridized carbons (Fsp3) is 0.304. The lowest BCUT2D eigenvalue weighted by atomic mass is 10.1. The van der Waals surface area contributed by atoms with Crippen molar-refractivity contribution in [2.45, 2.75) is 26.7 Å². The van der Waals surface area contributed by atoms with Crippen molar-refractivity contribution in [3.05, 3.63) is 65.2 Å². The second-order valence-electron chi connectivity index (χ2n) is 6.85. The van der Waals surface area contributed by atoms with Gasteiger partial charge in [0.1, 0.15) is 0 Å². The number of nitrogens with one attached hydrogen (secondary N) is 2. The number of thiocarbonyl (C=S) groups is 1. The van der Waals surface area contributed by atoms with Gasteiger partial charge in [0.15, 0.2) is 5.11 Å². The van der Waals surface area contributed by atoms with Crippen LogP contribution in [0.1, 0.15) is 57.8 Å². The van der Waals surface area contributed by atoms with Crippen LogP contribution in [0.15, 0.2) is 48.5 Å². The molecule has 2 amide bonds. The van der Waals surface area contributed by atoms with E-state index in [1.165, 1.54) is 13.2 Å². The maximum Gasteiger partial charge on any atom is 0.337 e. The molecule has 0 saturated heterocycles. The smallest absolute Gasteiger partial charge is 0.337 e. The van der Waals surface area contributed by atoms with Gasteiger partial charge >= 0.3 is 5.97 Å². The zero-order chi connectivity index (χ0) is 22.8. The van der Waals surface area contributed by atoms with Crippen molar-refractivity contribution in [1.82, 2.24) is 10.2 Å². The number of carbonyl (C=O) groups is 3. The van der Waals surface area contributed by atoms with E-state index in [9.17, 15) is 14.4 Å². The average molecular weight is 442 g/mol. The zero-order valence-electron chi connectivity index (χ0n) is 17.9. The van der Waals surface area contributed by atoms with E-state index in [4.69, 9.17) is 12.2 Å². The molecule has 0 bridgehead atoms. The molecule has 0 atom stereocenters. The van der Waals surface area contributed by atoms with Crippen LogP contribution in [0, 0.1) is 0 Å². The summed E-state index contributed by atoms with van der Waals surface area (Å²) in [6, 6.07) is 13.1. The minimum absolute atomic E-state index is 0.00313. The van der Waals surface area contributed by atoms with E-state index in [1.54, 1.807) is 42.5 Å². The third-order valence-electron chi connectivity index (χ3n) is 4.44. The Kier molecular flexibility index (Phi) is 9.14. The average Bonchev–Trinajstić information content (AvgIpc) is 2.78. The number of methoxy groups -OCH3 is 1. The van der Waals surface area contributed by atoms with Gasteiger partial charge in [0.2, 0.25) is 0 Å². The number of ether oxygens (including phenoxy) is 1. The second kappa shape index (κ2) is 11.8. The van der Waals surface area contributed by atoms with Gasteiger partial charge in [-0.2, -0.15) is 0 Å². The molecule has 0 radical (unpaired) electrons. The standard InChI is InChI=1S/C23H27N3O4S/c1-4-13-26(14-5-2)21(28)16-9-11-19(12-10-16)24-23(31)25-20(27)17-7-6-8-18(15-17)22(29)30-3/h6-12,15H,4-5,13-14H2,1-3H3,(H2,24,25,27,31). The van der Waals surface area contributed by atoms with Crippen molar-refractivity contribution in [2.75, 3.05) is 25.5 Å². The lowest BCUT2D eigenvalue weighted by molar-refractivity contribution is 0.0600. The van der Waals surface area contributed by atoms with Crippen molar-refractivity contribution in [2.24, 2.45) is 0 Å². The molecule has 7 nitrogen and oxygen atoms in total. The zero-order valence-corrected chi connectivity index (χ0v) is 18.8. The largest absolute Gasteiger partial charge is 0.465 e. The number of benzene rings is 2. The summed E-state index contributed by atoms with van der Waals surface area (Å²) in [5.41, 5.74) is 1.79. The van der Waals surface area contributed by atoms with Crippen molar-refractivity contribution in [3.8, 4) is 0 Å². The molecular weight excluding hydrogens is 414 g/mol. The Bertz CT molecular complexity index is 938. The van der Waals surface area contributed by atoms with E-state index in [-0.39, 0.29) is 22.1 Å². The second-order valence-corrected chi connectivity index (χ2v) is 7.26. The van der Waals surface area contributed by atoms with Crippen LogP contribution in [0.25, 0.3) is 0 Å². The van der Waals surface area contributed by atoms with Gasteiger partial charge in [-0.05, 0) is 67.5 Å². The number of carbonyl (C=O) groups excluding carboxylic acids is 3. The molecule has 0 fully saturated rings. The first-order chi connectivity index (χ1) is 14.9. The molecule has 2 aromatic rings. The van der Waals surface area contributed by atoms with Gasteiger partial charge in [0.25, 0.3) is 11.8 Å². The summed E-state index contributed by atoms with van der Waals surface area (Å²) in [5.74, 6) is -0.983. The predicted molar refractivity (Wildman–Crippen MR) is 124 cm³/mol. The molecule has 0 saturated carbocycles. The highest BCUT2D eigenvalue weighted by atomic mass is 32.1. The summed E-state index contributed by atoms with van der Waals surface area (Å²) in [6.45, 7) is 5.54. The van der Waals surface area contributed by atoms with Gasteiger partial charge in [-0.1, -0.05) is 19.9 Å². The maximum atomic E-state index is 12.6. The molecule has 0 unspecified atom stereocenters. The van der Waals surface area contributed by atoms with Crippen LogP contribution in [0.4, 0.5) is 5.69 Å². The summed E-state index contributed by atoms with van der Waals surface area (Å²) in [4.78, 5) is 38.5. The summed E-state index contributed by atoms with van der Waals surface area (Å²) in [5, 5.41) is 5.59. The lowest BCUT2D eigenvalue weighted by Crippen LogP contribution is -2.34. The maximum absolute atomic E-state index is 12.6. The molecule has 0 aromatic heterocycles. The van der Waals surface area contributed by atoms with Gasteiger partial charge in [-0.15, -0.1) is 0 Å². The van der Waals surface area contributed by atoms with E-state index in [0.717, 1.165) is 25.9 Å². The fourth-order valence-electron chi connectivity index (χ4n) is 2.98. The van der Waals surface area contributed by atoms with Crippen molar-refractivity contribution in [3.63, 3.8) is 0 Å². The number of hydrogen-bond donors (Lipinski definition) is 2. The number of hydrogen-bond acceptors (Lipinski definition) is 5. The summed E-state index contributed by atoms with van der Waals surface area (Å²) < 4.78 is 4.66. The first kappa shape index (κ1) is 24.0. The summed E-state index contributed by atoms with van der Waals surface area (Å²) in [7, 11) is 1.28. The molecule has 31 heavy (non-hydrogen) atoms. The quantitative estimate of drug-likeness (QED) is 0.478. The van der Waals surface area contributed by atoms with Crippen molar-refractivity contribution in [1.29, 1.82) is 0 Å². The van der Waals surface area contributed by atoms with Gasteiger partial charge in [-0.25, -0.2) is 4.79 Å². The highest BCUT2D eigenvalue weighted by Gasteiger charge is 2.15. The van der Waals surface area contributed by atoms with Gasteiger partial charge < -0.3 is 15.0 Å². The topological polar surface area (TPSA) is 87.7 Å². The third-order valence-corrected chi connectivity index (χ3v) is 4.64. The Morgan fingerprint density at radius 2 is 1.55 bits per heavy atom. The molecule has 0 heterocycles. The first-order valence-corrected chi connectivity index (χ1v) is 10.5. The molecule has 0 aliphatic carbocycles. The van der Waals surface area contributed by atoms with Crippen LogP contribution >= 0.6 is 12.2 Å². The van der Waals surface area contributed by atoms with Gasteiger partial charge in [0, 0.05) is 29.9 Å². The van der Waals surface area contributed by atoms with Crippen LogP contribution < -0.4 is 10.6 Å². The number of rotatable bonds is 8. The number of amides is 2. The van der Waals surface area contributed by atoms with Crippen LogP contribution in [0.2, 0.25) is 0 Å². The van der Waals surface area contributed by atoms with Crippen LogP contribution in [0.5, 0.6) is 0 Å². The van der Waals surface area contributed by atoms with E-state index >= 15 is 0 Å². The van der Waals surface area contributed by atoms with Gasteiger partial charge in [0.05, 0.1) is 12.7 Å². The van der Waals surface area contributed by atoms with E-state index < -0.39 is 11.9 Å². The SMILES string of the molecule is CCCN(CCC)C(=O)c1ccc(NC(=S)NC(=O)c2cccc(C(=O)OC)c2)cc1.